The third kappa shape index (κ3) is 5.08. The van der Waals surface area contributed by atoms with Crippen LogP contribution in [-0.2, 0) is 0 Å². The normalized spacial score (nSPS) is 16.2. The fraction of sp³-hybridized carbons (Fsp3) is 0.300. The second-order valence-corrected chi connectivity index (χ2v) is 6.50. The van der Waals surface area contributed by atoms with Gasteiger partial charge >= 0.3 is 6.18 Å². The summed E-state index contributed by atoms with van der Waals surface area (Å²) in [4.78, 5) is 0. The second kappa shape index (κ2) is 7.91. The molecule has 6 heteroatoms. The Kier molecular flexibility index (Phi) is 6.08. The number of nitrogens with two attached hydrogens (primary N) is 1. The molecule has 0 bridgehead atoms. The van der Waals surface area contributed by atoms with Crippen molar-refractivity contribution in [2.45, 2.75) is 37.5 Å². The van der Waals surface area contributed by atoms with E-state index in [2.05, 4.69) is 0 Å². The van der Waals surface area contributed by atoms with Gasteiger partial charge in [0.1, 0.15) is 5.82 Å². The smallest absolute Gasteiger partial charge is 0.402 e. The number of hydrogen-bond acceptors (Lipinski definition) is 2. The highest BCUT2D eigenvalue weighted by Crippen LogP contribution is 2.41. The molecule has 2 nitrogen and oxygen atoms in total. The first-order chi connectivity index (χ1) is 12.1. The zero-order valence-electron chi connectivity index (χ0n) is 14.3. The fourth-order valence-electron chi connectivity index (χ4n) is 2.88. The summed E-state index contributed by atoms with van der Waals surface area (Å²) in [7, 11) is 0. The van der Waals surface area contributed by atoms with E-state index in [1.54, 1.807) is 30.3 Å². The quantitative estimate of drug-likeness (QED) is 0.706. The van der Waals surface area contributed by atoms with Gasteiger partial charge < -0.3 is 10.8 Å². The summed E-state index contributed by atoms with van der Waals surface area (Å²) >= 11 is 0. The minimum Gasteiger partial charge on any atom is -0.402 e. The maximum atomic E-state index is 13.6. The minimum absolute atomic E-state index is 0.0810. The van der Waals surface area contributed by atoms with Crippen LogP contribution in [0.2, 0.25) is 0 Å². The second-order valence-electron chi connectivity index (χ2n) is 6.50. The minimum atomic E-state index is -4.87. The van der Waals surface area contributed by atoms with Crippen LogP contribution in [0.15, 0.2) is 60.3 Å². The van der Waals surface area contributed by atoms with E-state index in [0.717, 1.165) is 0 Å². The molecule has 0 fully saturated rings. The van der Waals surface area contributed by atoms with Crippen molar-refractivity contribution in [3.05, 3.63) is 77.2 Å². The molecular weight excluding hydrogens is 346 g/mol. The molecule has 2 unspecified atom stereocenters. The zero-order chi connectivity index (χ0) is 19.4. The SMILES string of the molecule is CC(CC(O)(C/C(N)=C/c1ccccc1)C(F)(F)F)c1cccc(F)c1. The Morgan fingerprint density at radius 1 is 1.12 bits per heavy atom. The summed E-state index contributed by atoms with van der Waals surface area (Å²) < 4.78 is 54.0. The van der Waals surface area contributed by atoms with Crippen LogP contribution in [0.4, 0.5) is 17.6 Å². The maximum Gasteiger partial charge on any atom is 0.417 e. The standard InChI is InChI=1S/C20H21F4NO/c1-14(16-8-5-9-17(21)11-16)12-19(26,20(22,23)24)13-18(25)10-15-6-3-2-4-7-15/h2-11,14,26H,12-13,25H2,1H3/b18-10-. The lowest BCUT2D eigenvalue weighted by atomic mass is 9.83. The molecule has 0 heterocycles. The van der Waals surface area contributed by atoms with Crippen molar-refractivity contribution in [2.75, 3.05) is 0 Å². The zero-order valence-corrected chi connectivity index (χ0v) is 14.3. The Morgan fingerprint density at radius 3 is 2.35 bits per heavy atom. The van der Waals surface area contributed by atoms with Gasteiger partial charge in [-0.05, 0) is 41.7 Å². The highest BCUT2D eigenvalue weighted by atomic mass is 19.4. The van der Waals surface area contributed by atoms with Crippen molar-refractivity contribution in [1.29, 1.82) is 0 Å². The molecule has 0 radical (unpaired) electrons. The summed E-state index contributed by atoms with van der Waals surface area (Å²) in [6, 6.07) is 14.0. The summed E-state index contributed by atoms with van der Waals surface area (Å²) in [5, 5.41) is 10.4. The Hall–Kier alpha value is -2.34. The molecule has 0 amide bonds. The number of halogens is 4. The average Bonchev–Trinajstić information content (AvgIpc) is 2.54. The first-order valence-electron chi connectivity index (χ1n) is 8.16. The summed E-state index contributed by atoms with van der Waals surface area (Å²) in [6.07, 6.45) is -4.85. The van der Waals surface area contributed by atoms with Crippen molar-refractivity contribution >= 4 is 6.08 Å². The molecule has 2 rings (SSSR count). The Labute approximate surface area is 150 Å². The van der Waals surface area contributed by atoms with E-state index in [9.17, 15) is 22.7 Å². The van der Waals surface area contributed by atoms with Crippen LogP contribution in [0, 0.1) is 5.82 Å². The van der Waals surface area contributed by atoms with Gasteiger partial charge in [0.15, 0.2) is 5.60 Å². The Bertz CT molecular complexity index is 758. The van der Waals surface area contributed by atoms with E-state index in [0.29, 0.717) is 11.1 Å². The number of hydrogen-bond donors (Lipinski definition) is 2. The molecule has 26 heavy (non-hydrogen) atoms. The molecule has 2 aromatic carbocycles. The summed E-state index contributed by atoms with van der Waals surface area (Å²) in [5.41, 5.74) is 3.71. The fourth-order valence-corrected chi connectivity index (χ4v) is 2.88. The molecule has 140 valence electrons. The molecule has 2 aromatic rings. The van der Waals surface area contributed by atoms with Gasteiger partial charge in [-0.15, -0.1) is 0 Å². The van der Waals surface area contributed by atoms with E-state index in [1.165, 1.54) is 37.3 Å². The van der Waals surface area contributed by atoms with Gasteiger partial charge in [-0.2, -0.15) is 13.2 Å². The number of aliphatic hydroxyl groups is 1. The molecule has 2 atom stereocenters. The topological polar surface area (TPSA) is 46.2 Å². The van der Waals surface area contributed by atoms with Gasteiger partial charge in [-0.25, -0.2) is 4.39 Å². The van der Waals surface area contributed by atoms with Gasteiger partial charge in [-0.3, -0.25) is 0 Å². The third-order valence-electron chi connectivity index (χ3n) is 4.24. The highest BCUT2D eigenvalue weighted by molar-refractivity contribution is 5.52. The lowest BCUT2D eigenvalue weighted by Gasteiger charge is -2.33. The molecule has 0 saturated carbocycles. The van der Waals surface area contributed by atoms with Gasteiger partial charge in [0.2, 0.25) is 0 Å². The molecule has 0 spiro atoms. The number of rotatable bonds is 6. The third-order valence-corrected chi connectivity index (χ3v) is 4.24. The number of benzene rings is 2. The molecule has 0 aliphatic carbocycles. The van der Waals surface area contributed by atoms with Gasteiger partial charge in [0, 0.05) is 12.1 Å². The molecule has 0 aliphatic rings. The average molecular weight is 367 g/mol. The van der Waals surface area contributed by atoms with Crippen molar-refractivity contribution < 1.29 is 22.7 Å². The molecule has 0 aliphatic heterocycles. The van der Waals surface area contributed by atoms with Crippen LogP contribution < -0.4 is 5.73 Å². The van der Waals surface area contributed by atoms with Crippen LogP contribution in [0.3, 0.4) is 0 Å². The van der Waals surface area contributed by atoms with Crippen LogP contribution >= 0.6 is 0 Å². The lowest BCUT2D eigenvalue weighted by Crippen LogP contribution is -2.47. The lowest BCUT2D eigenvalue weighted by molar-refractivity contribution is -0.263. The van der Waals surface area contributed by atoms with E-state index >= 15 is 0 Å². The number of alkyl halides is 3. The van der Waals surface area contributed by atoms with E-state index in [1.807, 2.05) is 0 Å². The van der Waals surface area contributed by atoms with Crippen LogP contribution in [0.1, 0.15) is 36.8 Å². The Balaban J connectivity index is 2.23. The van der Waals surface area contributed by atoms with Crippen LogP contribution in [0.5, 0.6) is 0 Å². The molecule has 0 aromatic heterocycles. The van der Waals surface area contributed by atoms with Gasteiger partial charge in [-0.1, -0.05) is 49.4 Å². The van der Waals surface area contributed by atoms with Gasteiger partial charge in [0.25, 0.3) is 0 Å². The summed E-state index contributed by atoms with van der Waals surface area (Å²) in [6.45, 7) is 1.52. The van der Waals surface area contributed by atoms with Crippen molar-refractivity contribution in [3.8, 4) is 0 Å². The molecular formula is C20H21F4NO. The molecule has 0 saturated heterocycles. The van der Waals surface area contributed by atoms with Crippen LogP contribution in [0.25, 0.3) is 6.08 Å². The summed E-state index contributed by atoms with van der Waals surface area (Å²) in [5.74, 6) is -1.24. The predicted octanol–water partition coefficient (Wildman–Crippen LogP) is 5.00. The highest BCUT2D eigenvalue weighted by Gasteiger charge is 2.54. The van der Waals surface area contributed by atoms with Gasteiger partial charge in [0.05, 0.1) is 0 Å². The first-order valence-corrected chi connectivity index (χ1v) is 8.16. The van der Waals surface area contributed by atoms with Crippen molar-refractivity contribution in [2.24, 2.45) is 5.73 Å². The largest absolute Gasteiger partial charge is 0.417 e. The van der Waals surface area contributed by atoms with Crippen LogP contribution in [-0.4, -0.2) is 16.9 Å². The van der Waals surface area contributed by atoms with E-state index < -0.39 is 36.4 Å². The predicted molar refractivity (Wildman–Crippen MR) is 93.7 cm³/mol. The monoisotopic (exact) mass is 367 g/mol. The maximum absolute atomic E-state index is 13.6. The van der Waals surface area contributed by atoms with E-state index in [4.69, 9.17) is 5.73 Å². The first kappa shape index (κ1) is 20.0. The Morgan fingerprint density at radius 2 is 1.77 bits per heavy atom. The molecule has 3 N–H and O–H groups in total. The van der Waals surface area contributed by atoms with E-state index in [-0.39, 0.29) is 5.70 Å². The van der Waals surface area contributed by atoms with Crippen molar-refractivity contribution in [1.82, 2.24) is 0 Å². The van der Waals surface area contributed by atoms with Crippen molar-refractivity contribution in [3.63, 3.8) is 0 Å².